The Morgan fingerprint density at radius 2 is 1.03 bits per heavy atom. The molecule has 0 aliphatic carbocycles. The Morgan fingerprint density at radius 1 is 0.552 bits per heavy atom. The first-order valence-electron chi connectivity index (χ1n) is 18.5. The fraction of sp³-hybridized carbons (Fsp3) is 0.244. The zero-order chi connectivity index (χ0) is 41.5. The van der Waals surface area contributed by atoms with Gasteiger partial charge in [0.1, 0.15) is 28.6 Å². The van der Waals surface area contributed by atoms with E-state index in [9.17, 15) is 24.0 Å². The highest BCUT2D eigenvalue weighted by Gasteiger charge is 2.18. The van der Waals surface area contributed by atoms with Crippen LogP contribution in [0, 0.1) is 0 Å². The lowest BCUT2D eigenvalue weighted by molar-refractivity contribution is -0.138. The molecule has 0 unspecified atom stereocenters. The molecule has 0 aromatic heterocycles. The largest absolute Gasteiger partial charge is 0.494 e. The molecule has 0 N–H and O–H groups in total. The van der Waals surface area contributed by atoms with Crippen LogP contribution in [-0.2, 0) is 23.8 Å². The fourth-order valence-corrected chi connectivity index (χ4v) is 5.04. The Kier molecular flexibility index (Phi) is 17.9. The van der Waals surface area contributed by atoms with Gasteiger partial charge in [0.2, 0.25) is 0 Å². The first-order valence-corrected chi connectivity index (χ1v) is 18.5. The van der Waals surface area contributed by atoms with Crippen molar-refractivity contribution in [2.24, 2.45) is 4.99 Å². The van der Waals surface area contributed by atoms with Gasteiger partial charge in [-0.2, -0.15) is 0 Å². The SMILES string of the molecule is C=CC(=O)OCCCCCOc1ccc(C(=O)Oc2ccc(N=Cc3ccc(OC(=O)c4ccc(OCCCCCOC(=O)C=C)cc4)c(C(=O)OC)c3)cc2)cc1. The van der Waals surface area contributed by atoms with Crippen molar-refractivity contribution >= 4 is 41.7 Å². The fourth-order valence-electron chi connectivity index (χ4n) is 5.04. The third-order valence-electron chi connectivity index (χ3n) is 8.14. The predicted molar refractivity (Wildman–Crippen MR) is 215 cm³/mol. The molecule has 0 radical (unpaired) electrons. The van der Waals surface area contributed by atoms with E-state index < -0.39 is 29.8 Å². The lowest BCUT2D eigenvalue weighted by Gasteiger charge is -2.10. The van der Waals surface area contributed by atoms with E-state index in [2.05, 4.69) is 18.2 Å². The number of esters is 5. The van der Waals surface area contributed by atoms with Crippen molar-refractivity contribution in [1.82, 2.24) is 0 Å². The van der Waals surface area contributed by atoms with Crippen molar-refractivity contribution in [3.63, 3.8) is 0 Å². The summed E-state index contributed by atoms with van der Waals surface area (Å²) in [5.74, 6) is -1.27. The Morgan fingerprint density at radius 3 is 1.53 bits per heavy atom. The molecule has 58 heavy (non-hydrogen) atoms. The van der Waals surface area contributed by atoms with Gasteiger partial charge in [-0.3, -0.25) is 4.99 Å². The summed E-state index contributed by atoms with van der Waals surface area (Å²) < 4.78 is 37.3. The van der Waals surface area contributed by atoms with Crippen LogP contribution in [-0.4, -0.2) is 69.6 Å². The van der Waals surface area contributed by atoms with E-state index >= 15 is 0 Å². The third kappa shape index (κ3) is 14.9. The number of carbonyl (C=O) groups excluding carboxylic acids is 5. The minimum Gasteiger partial charge on any atom is -0.494 e. The summed E-state index contributed by atoms with van der Waals surface area (Å²) in [6, 6.07) is 24.2. The summed E-state index contributed by atoms with van der Waals surface area (Å²) in [6.45, 7) is 8.31. The van der Waals surface area contributed by atoms with Gasteiger partial charge in [-0.15, -0.1) is 0 Å². The lowest BCUT2D eigenvalue weighted by Crippen LogP contribution is -2.12. The molecule has 4 aromatic carbocycles. The van der Waals surface area contributed by atoms with Crippen LogP contribution in [0.2, 0.25) is 0 Å². The van der Waals surface area contributed by atoms with E-state index in [1.807, 2.05) is 0 Å². The second-order valence-corrected chi connectivity index (χ2v) is 12.4. The summed E-state index contributed by atoms with van der Waals surface area (Å²) in [4.78, 5) is 64.9. The third-order valence-corrected chi connectivity index (χ3v) is 8.14. The summed E-state index contributed by atoms with van der Waals surface area (Å²) in [5.41, 5.74) is 1.72. The molecular formula is C45H45NO12. The van der Waals surface area contributed by atoms with Gasteiger partial charge in [0.15, 0.2) is 0 Å². The molecule has 0 spiro atoms. The molecular weight excluding hydrogens is 746 g/mol. The maximum atomic E-state index is 13.0. The van der Waals surface area contributed by atoms with Gasteiger partial charge in [0, 0.05) is 18.4 Å². The monoisotopic (exact) mass is 791 g/mol. The summed E-state index contributed by atoms with van der Waals surface area (Å²) >= 11 is 0. The van der Waals surface area contributed by atoms with Gasteiger partial charge >= 0.3 is 29.8 Å². The van der Waals surface area contributed by atoms with Gasteiger partial charge in [0.25, 0.3) is 0 Å². The number of rotatable bonds is 23. The molecule has 0 bridgehead atoms. The topological polar surface area (TPSA) is 162 Å². The Hall–Kier alpha value is -7.02. The van der Waals surface area contributed by atoms with Crippen LogP contribution in [0.15, 0.2) is 121 Å². The zero-order valence-electron chi connectivity index (χ0n) is 32.2. The minimum absolute atomic E-state index is 0.0128. The number of carbonyl (C=O) groups is 5. The van der Waals surface area contributed by atoms with Crippen molar-refractivity contribution in [2.45, 2.75) is 38.5 Å². The molecule has 0 heterocycles. The summed E-state index contributed by atoms with van der Waals surface area (Å²) in [7, 11) is 1.23. The molecule has 13 heteroatoms. The average molecular weight is 792 g/mol. The summed E-state index contributed by atoms with van der Waals surface area (Å²) in [5, 5.41) is 0. The number of hydrogen-bond acceptors (Lipinski definition) is 13. The van der Waals surface area contributed by atoms with Crippen molar-refractivity contribution in [3.8, 4) is 23.0 Å². The quantitative estimate of drug-likeness (QED) is 0.0177. The lowest BCUT2D eigenvalue weighted by atomic mass is 10.1. The van der Waals surface area contributed by atoms with Gasteiger partial charge in [-0.05, 0) is 135 Å². The van der Waals surface area contributed by atoms with E-state index in [-0.39, 0.29) is 16.9 Å². The van der Waals surface area contributed by atoms with E-state index in [0.717, 1.165) is 44.3 Å². The predicted octanol–water partition coefficient (Wildman–Crippen LogP) is 8.22. The molecule has 0 amide bonds. The maximum absolute atomic E-state index is 13.0. The number of aliphatic imine (C=N–C) groups is 1. The van der Waals surface area contributed by atoms with E-state index in [1.165, 1.54) is 25.5 Å². The van der Waals surface area contributed by atoms with Crippen LogP contribution in [0.25, 0.3) is 0 Å². The van der Waals surface area contributed by atoms with Crippen LogP contribution in [0.5, 0.6) is 23.0 Å². The number of methoxy groups -OCH3 is 1. The number of ether oxygens (including phenoxy) is 7. The van der Waals surface area contributed by atoms with Crippen LogP contribution in [0.1, 0.15) is 75.2 Å². The highest BCUT2D eigenvalue weighted by Crippen LogP contribution is 2.25. The van der Waals surface area contributed by atoms with Gasteiger partial charge in [0.05, 0.1) is 50.4 Å². The molecule has 302 valence electrons. The van der Waals surface area contributed by atoms with E-state index in [1.54, 1.807) is 78.9 Å². The smallest absolute Gasteiger partial charge is 0.343 e. The van der Waals surface area contributed by atoms with Crippen LogP contribution < -0.4 is 18.9 Å². The first kappa shape index (κ1) is 43.7. The van der Waals surface area contributed by atoms with Crippen LogP contribution in [0.3, 0.4) is 0 Å². The molecule has 0 atom stereocenters. The standard InChI is InChI=1S/C45H45NO12/c1-4-41(47)55-28-10-6-8-26-53-36-19-13-33(14-20-36)43(49)57-38-23-17-35(18-24-38)46-31-32-12-25-40(39(30-32)45(51)52-3)58-44(50)34-15-21-37(22-16-34)54-27-9-7-11-29-56-42(48)5-2/h4-5,12-25,30-31H,1-2,6-11,26-29H2,3H3. The van der Waals surface area contributed by atoms with Crippen molar-refractivity contribution < 1.29 is 57.1 Å². The van der Waals surface area contributed by atoms with Gasteiger partial charge in [-0.25, -0.2) is 24.0 Å². The molecule has 0 saturated carbocycles. The van der Waals surface area contributed by atoms with Crippen molar-refractivity contribution in [2.75, 3.05) is 33.5 Å². The maximum Gasteiger partial charge on any atom is 0.343 e. The Balaban J connectivity index is 1.24. The number of hydrogen-bond donors (Lipinski definition) is 0. The first-order chi connectivity index (χ1) is 28.2. The molecule has 0 saturated heterocycles. The number of nitrogens with zero attached hydrogens (tertiary/aromatic N) is 1. The molecule has 0 aliphatic heterocycles. The molecule has 4 rings (SSSR count). The van der Waals surface area contributed by atoms with E-state index in [0.29, 0.717) is 66.9 Å². The second kappa shape index (κ2) is 23.8. The van der Waals surface area contributed by atoms with E-state index in [4.69, 9.17) is 33.2 Å². The summed E-state index contributed by atoms with van der Waals surface area (Å²) in [6.07, 6.45) is 8.42. The number of unbranched alkanes of at least 4 members (excludes halogenated alkanes) is 4. The number of benzene rings is 4. The normalized spacial score (nSPS) is 10.6. The van der Waals surface area contributed by atoms with Crippen molar-refractivity contribution in [1.29, 1.82) is 0 Å². The molecule has 4 aromatic rings. The Bertz CT molecular complexity index is 2040. The van der Waals surface area contributed by atoms with Crippen LogP contribution in [0.4, 0.5) is 5.69 Å². The molecule has 13 nitrogen and oxygen atoms in total. The average Bonchev–Trinajstić information content (AvgIpc) is 3.25. The minimum atomic E-state index is -0.702. The highest BCUT2D eigenvalue weighted by atomic mass is 16.6. The molecule has 0 fully saturated rings. The highest BCUT2D eigenvalue weighted by molar-refractivity contribution is 5.98. The van der Waals surface area contributed by atoms with Crippen molar-refractivity contribution in [3.05, 3.63) is 139 Å². The Labute approximate surface area is 336 Å². The zero-order valence-corrected chi connectivity index (χ0v) is 32.2. The second-order valence-electron chi connectivity index (χ2n) is 12.4. The molecule has 0 aliphatic rings. The van der Waals surface area contributed by atoms with Crippen LogP contribution >= 0.6 is 0 Å². The van der Waals surface area contributed by atoms with Gasteiger partial charge < -0.3 is 33.2 Å². The van der Waals surface area contributed by atoms with Gasteiger partial charge in [-0.1, -0.05) is 13.2 Å².